The summed E-state index contributed by atoms with van der Waals surface area (Å²) in [4.78, 5) is 11.7. The minimum atomic E-state index is -3.71. The number of hydrogen-bond acceptors (Lipinski definition) is 4. The second-order valence-corrected chi connectivity index (χ2v) is 7.24. The van der Waals surface area contributed by atoms with Crippen LogP contribution in [0.5, 0.6) is 0 Å². The molecule has 4 N–H and O–H groups in total. The van der Waals surface area contributed by atoms with Gasteiger partial charge in [-0.3, -0.25) is 4.79 Å². The Kier molecular flexibility index (Phi) is 5.27. The van der Waals surface area contributed by atoms with Gasteiger partial charge >= 0.3 is 0 Å². The normalized spacial score (nSPS) is 12.2. The van der Waals surface area contributed by atoms with Crippen LogP contribution in [-0.4, -0.2) is 26.4 Å². The summed E-state index contributed by atoms with van der Waals surface area (Å²) >= 11 is 0. The van der Waals surface area contributed by atoms with Crippen LogP contribution in [0.1, 0.15) is 26.3 Å². The summed E-state index contributed by atoms with van der Waals surface area (Å²) in [5.41, 5.74) is 5.79. The van der Waals surface area contributed by atoms with Crippen LogP contribution in [0.2, 0.25) is 0 Å². The van der Waals surface area contributed by atoms with Gasteiger partial charge < -0.3 is 11.1 Å². The molecular weight excluding hydrogens is 278 g/mol. The molecule has 1 aromatic carbocycles. The molecule has 0 heterocycles. The van der Waals surface area contributed by atoms with Crippen LogP contribution in [0, 0.1) is 0 Å². The van der Waals surface area contributed by atoms with Crippen molar-refractivity contribution >= 4 is 15.9 Å². The van der Waals surface area contributed by atoms with Crippen LogP contribution in [0.25, 0.3) is 0 Å². The van der Waals surface area contributed by atoms with Gasteiger partial charge in [0.1, 0.15) is 0 Å². The minimum absolute atomic E-state index is 0.101. The Hall–Kier alpha value is -1.44. The van der Waals surface area contributed by atoms with Crippen LogP contribution >= 0.6 is 0 Å². The van der Waals surface area contributed by atoms with Crippen molar-refractivity contribution in [1.29, 1.82) is 0 Å². The third-order valence-electron chi connectivity index (χ3n) is 2.38. The molecular formula is C13H21N3O3S. The molecule has 0 fully saturated rings. The summed E-state index contributed by atoms with van der Waals surface area (Å²) in [6.45, 7) is 5.43. The van der Waals surface area contributed by atoms with Crippen molar-refractivity contribution in [2.45, 2.75) is 37.8 Å². The maximum atomic E-state index is 12.0. The average Bonchev–Trinajstić information content (AvgIpc) is 2.35. The van der Waals surface area contributed by atoms with Gasteiger partial charge in [-0.1, -0.05) is 12.1 Å². The van der Waals surface area contributed by atoms with Crippen molar-refractivity contribution in [3.8, 4) is 0 Å². The highest BCUT2D eigenvalue weighted by molar-refractivity contribution is 7.89. The molecule has 7 heteroatoms. The fraction of sp³-hybridized carbons (Fsp3) is 0.462. The standard InChI is InChI=1S/C13H21N3O3S/c1-13(2,3)16-12(17)9-15-20(18,19)11-6-4-5-10(7-11)8-14/h4-7,15H,8-9,14H2,1-3H3,(H,16,17). The smallest absolute Gasteiger partial charge is 0.241 e. The number of nitrogens with two attached hydrogens (primary N) is 1. The van der Waals surface area contributed by atoms with Crippen LogP contribution in [0.15, 0.2) is 29.2 Å². The molecule has 1 amide bonds. The number of nitrogens with one attached hydrogen (secondary N) is 2. The molecule has 0 aromatic heterocycles. The molecule has 1 rings (SSSR count). The van der Waals surface area contributed by atoms with E-state index >= 15 is 0 Å². The molecule has 0 unspecified atom stereocenters. The first-order valence-electron chi connectivity index (χ1n) is 6.24. The van der Waals surface area contributed by atoms with Gasteiger partial charge in [-0.25, -0.2) is 13.1 Å². The lowest BCUT2D eigenvalue weighted by Gasteiger charge is -2.20. The van der Waals surface area contributed by atoms with Gasteiger partial charge in [0, 0.05) is 12.1 Å². The maximum Gasteiger partial charge on any atom is 0.241 e. The summed E-state index contributed by atoms with van der Waals surface area (Å²) in [6.07, 6.45) is 0. The fourth-order valence-electron chi connectivity index (χ4n) is 1.55. The lowest BCUT2D eigenvalue weighted by Crippen LogP contribution is -2.45. The van der Waals surface area contributed by atoms with Gasteiger partial charge in [0.25, 0.3) is 0 Å². The van der Waals surface area contributed by atoms with E-state index in [1.165, 1.54) is 12.1 Å². The van der Waals surface area contributed by atoms with Crippen LogP contribution in [-0.2, 0) is 21.4 Å². The summed E-state index contributed by atoms with van der Waals surface area (Å²) in [5.74, 6) is -0.379. The highest BCUT2D eigenvalue weighted by atomic mass is 32.2. The van der Waals surface area contributed by atoms with Crippen molar-refractivity contribution in [2.75, 3.05) is 6.54 Å². The molecule has 0 atom stereocenters. The SMILES string of the molecule is CC(C)(C)NC(=O)CNS(=O)(=O)c1cccc(CN)c1. The number of amides is 1. The Morgan fingerprint density at radius 3 is 2.50 bits per heavy atom. The third-order valence-corrected chi connectivity index (χ3v) is 3.78. The number of hydrogen-bond donors (Lipinski definition) is 3. The van der Waals surface area contributed by atoms with Gasteiger partial charge in [-0.2, -0.15) is 0 Å². The number of carbonyl (C=O) groups excluding carboxylic acids is 1. The second kappa shape index (κ2) is 6.34. The van der Waals surface area contributed by atoms with Crippen molar-refractivity contribution < 1.29 is 13.2 Å². The molecule has 0 radical (unpaired) electrons. The Morgan fingerprint density at radius 2 is 1.95 bits per heavy atom. The summed E-state index contributed by atoms with van der Waals surface area (Å²) < 4.78 is 26.3. The lowest BCUT2D eigenvalue weighted by molar-refractivity contribution is -0.121. The highest BCUT2D eigenvalue weighted by Crippen LogP contribution is 2.10. The minimum Gasteiger partial charge on any atom is -0.350 e. The summed E-state index contributed by atoms with van der Waals surface area (Å²) in [6, 6.07) is 6.31. The molecule has 0 aliphatic heterocycles. The van der Waals surface area contributed by atoms with Crippen molar-refractivity contribution in [2.24, 2.45) is 5.73 Å². The zero-order valence-corrected chi connectivity index (χ0v) is 12.8. The average molecular weight is 299 g/mol. The van der Waals surface area contributed by atoms with E-state index in [1.807, 2.05) is 20.8 Å². The first kappa shape index (κ1) is 16.6. The first-order valence-corrected chi connectivity index (χ1v) is 7.72. The van der Waals surface area contributed by atoms with Gasteiger partial charge in [0.15, 0.2) is 0 Å². The molecule has 6 nitrogen and oxygen atoms in total. The molecule has 0 aliphatic rings. The van der Waals surface area contributed by atoms with Crippen molar-refractivity contribution in [3.05, 3.63) is 29.8 Å². The molecule has 0 saturated carbocycles. The van der Waals surface area contributed by atoms with E-state index in [4.69, 9.17) is 5.73 Å². The Balaban J connectivity index is 2.73. The molecule has 0 saturated heterocycles. The van der Waals surface area contributed by atoms with Crippen LogP contribution in [0.3, 0.4) is 0 Å². The van der Waals surface area contributed by atoms with Crippen LogP contribution in [0.4, 0.5) is 0 Å². The number of sulfonamides is 1. The van der Waals surface area contributed by atoms with E-state index in [2.05, 4.69) is 10.0 Å². The zero-order chi connectivity index (χ0) is 15.4. The maximum absolute atomic E-state index is 12.0. The van der Waals surface area contributed by atoms with Gasteiger partial charge in [0.05, 0.1) is 11.4 Å². The lowest BCUT2D eigenvalue weighted by atomic mass is 10.1. The quantitative estimate of drug-likeness (QED) is 0.729. The predicted molar refractivity (Wildman–Crippen MR) is 77.4 cm³/mol. The highest BCUT2D eigenvalue weighted by Gasteiger charge is 2.18. The van der Waals surface area contributed by atoms with E-state index in [0.717, 1.165) is 0 Å². The van der Waals surface area contributed by atoms with Gasteiger partial charge in [-0.05, 0) is 38.5 Å². The largest absolute Gasteiger partial charge is 0.350 e. The monoisotopic (exact) mass is 299 g/mol. The van der Waals surface area contributed by atoms with E-state index < -0.39 is 15.6 Å². The number of benzene rings is 1. The predicted octanol–water partition coefficient (Wildman–Crippen LogP) is 0.338. The molecule has 1 aromatic rings. The van der Waals surface area contributed by atoms with E-state index in [0.29, 0.717) is 5.56 Å². The van der Waals surface area contributed by atoms with Gasteiger partial charge in [-0.15, -0.1) is 0 Å². The third kappa shape index (κ3) is 5.28. The summed E-state index contributed by atoms with van der Waals surface area (Å²) in [5, 5.41) is 2.68. The Bertz CT molecular complexity index is 577. The topological polar surface area (TPSA) is 101 Å². The van der Waals surface area contributed by atoms with Crippen LogP contribution < -0.4 is 15.8 Å². The molecule has 20 heavy (non-hydrogen) atoms. The van der Waals surface area contributed by atoms with Crippen molar-refractivity contribution in [1.82, 2.24) is 10.0 Å². The zero-order valence-electron chi connectivity index (χ0n) is 11.9. The van der Waals surface area contributed by atoms with E-state index in [9.17, 15) is 13.2 Å². The molecule has 112 valence electrons. The number of carbonyl (C=O) groups is 1. The number of rotatable bonds is 5. The molecule has 0 bridgehead atoms. The molecule has 0 spiro atoms. The summed E-state index contributed by atoms with van der Waals surface area (Å²) in [7, 11) is -3.71. The fourth-order valence-corrected chi connectivity index (χ4v) is 2.60. The van der Waals surface area contributed by atoms with Gasteiger partial charge in [0.2, 0.25) is 15.9 Å². The Morgan fingerprint density at radius 1 is 1.30 bits per heavy atom. The second-order valence-electron chi connectivity index (χ2n) is 5.47. The van der Waals surface area contributed by atoms with E-state index in [-0.39, 0.29) is 23.9 Å². The first-order chi connectivity index (χ1) is 9.14. The Labute approximate surface area is 119 Å². The van der Waals surface area contributed by atoms with Crippen molar-refractivity contribution in [3.63, 3.8) is 0 Å². The molecule has 0 aliphatic carbocycles. The van der Waals surface area contributed by atoms with E-state index in [1.54, 1.807) is 12.1 Å².